The Labute approximate surface area is 78.1 Å². The number of rotatable bonds is 3. The summed E-state index contributed by atoms with van der Waals surface area (Å²) in [7, 11) is 1.12. The average Bonchev–Trinajstić information content (AvgIpc) is 2.17. The van der Waals surface area contributed by atoms with Gasteiger partial charge in [-0.2, -0.15) is 10.3 Å². The molecule has 1 aromatic rings. The highest BCUT2D eigenvalue weighted by Gasteiger charge is 2.22. The highest BCUT2D eigenvalue weighted by molar-refractivity contribution is 5.51. The number of hydrogen-bond donors (Lipinski definition) is 1. The molecule has 0 saturated carbocycles. The number of hydrogen-bond acceptors (Lipinski definition) is 5. The van der Waals surface area contributed by atoms with Gasteiger partial charge in [-0.3, -0.25) is 10.1 Å². The lowest BCUT2D eigenvalue weighted by Gasteiger charge is -2.05. The zero-order chi connectivity index (χ0) is 10.7. The lowest BCUT2D eigenvalue weighted by molar-refractivity contribution is -0.386. The maximum Gasteiger partial charge on any atom is 0.314 e. The molecule has 0 unspecified atom stereocenters. The van der Waals surface area contributed by atoms with Crippen molar-refractivity contribution in [2.24, 2.45) is 5.90 Å². The number of ether oxygens (including phenoxy) is 1. The molecular formula is C7H7FN2O4. The minimum Gasteiger partial charge on any atom is -0.488 e. The van der Waals surface area contributed by atoms with Crippen molar-refractivity contribution in [1.29, 1.82) is 0 Å². The van der Waals surface area contributed by atoms with Crippen molar-refractivity contribution in [2.75, 3.05) is 7.11 Å². The molecule has 0 amide bonds. The summed E-state index contributed by atoms with van der Waals surface area (Å²) in [6.45, 7) is 0. The first-order valence-corrected chi connectivity index (χ1v) is 3.49. The van der Waals surface area contributed by atoms with E-state index in [1.165, 1.54) is 0 Å². The van der Waals surface area contributed by atoms with Gasteiger partial charge in [0.15, 0.2) is 5.75 Å². The first kappa shape index (κ1) is 10.2. The van der Waals surface area contributed by atoms with Crippen LogP contribution in [-0.2, 0) is 0 Å². The molecule has 0 saturated heterocycles. The van der Waals surface area contributed by atoms with Gasteiger partial charge in [-0.05, 0) is 6.07 Å². The van der Waals surface area contributed by atoms with E-state index < -0.39 is 22.2 Å². The van der Waals surface area contributed by atoms with E-state index in [9.17, 15) is 14.5 Å². The summed E-state index contributed by atoms with van der Waals surface area (Å²) in [4.78, 5) is 13.8. The molecule has 0 radical (unpaired) electrons. The first-order valence-electron chi connectivity index (χ1n) is 3.49. The quantitative estimate of drug-likeness (QED) is 0.583. The number of nitro groups is 1. The normalized spacial score (nSPS) is 9.64. The van der Waals surface area contributed by atoms with Crippen LogP contribution < -0.4 is 15.5 Å². The molecule has 1 rings (SSSR count). The second-order valence-electron chi connectivity index (χ2n) is 2.31. The molecule has 6 nitrogen and oxygen atoms in total. The van der Waals surface area contributed by atoms with Gasteiger partial charge in [-0.25, -0.2) is 0 Å². The molecular weight excluding hydrogens is 195 g/mol. The molecule has 0 heterocycles. The van der Waals surface area contributed by atoms with E-state index in [4.69, 9.17) is 5.90 Å². The van der Waals surface area contributed by atoms with Gasteiger partial charge >= 0.3 is 5.69 Å². The molecule has 0 bridgehead atoms. The minimum absolute atomic E-state index is 0.313. The number of nitrogens with zero attached hydrogens (tertiary/aromatic N) is 1. The summed E-state index contributed by atoms with van der Waals surface area (Å²) < 4.78 is 17.8. The summed E-state index contributed by atoms with van der Waals surface area (Å²) in [5.74, 6) is 2.92. The van der Waals surface area contributed by atoms with E-state index in [-0.39, 0.29) is 5.75 Å². The van der Waals surface area contributed by atoms with E-state index in [0.29, 0.717) is 0 Å². The topological polar surface area (TPSA) is 87.6 Å². The van der Waals surface area contributed by atoms with Crippen LogP contribution in [0.3, 0.4) is 0 Å². The Morgan fingerprint density at radius 2 is 2.21 bits per heavy atom. The summed E-state index contributed by atoms with van der Waals surface area (Å²) in [5, 5.41) is 10.4. The molecule has 0 fully saturated rings. The fraction of sp³-hybridized carbons (Fsp3) is 0.143. The number of nitrogens with two attached hydrogens (primary N) is 1. The van der Waals surface area contributed by atoms with Gasteiger partial charge in [-0.15, -0.1) is 0 Å². The maximum atomic E-state index is 13.3. The van der Waals surface area contributed by atoms with Crippen molar-refractivity contribution in [2.45, 2.75) is 0 Å². The van der Waals surface area contributed by atoms with Crippen LogP contribution in [0.25, 0.3) is 0 Å². The molecule has 0 atom stereocenters. The molecule has 0 aliphatic carbocycles. The van der Waals surface area contributed by atoms with Gasteiger partial charge in [0.25, 0.3) is 0 Å². The van der Waals surface area contributed by atoms with Gasteiger partial charge in [-0.1, -0.05) is 0 Å². The number of methoxy groups -OCH3 is 1. The number of halogens is 1. The van der Waals surface area contributed by atoms with Crippen LogP contribution in [0.4, 0.5) is 10.1 Å². The third-order valence-corrected chi connectivity index (χ3v) is 1.57. The smallest absolute Gasteiger partial charge is 0.314 e. The van der Waals surface area contributed by atoms with Gasteiger partial charge in [0.1, 0.15) is 0 Å². The lowest BCUT2D eigenvalue weighted by atomic mass is 10.2. The highest BCUT2D eigenvalue weighted by atomic mass is 19.1. The van der Waals surface area contributed by atoms with E-state index in [1.807, 2.05) is 0 Å². The minimum atomic E-state index is -0.996. The molecule has 1 aromatic carbocycles. The zero-order valence-corrected chi connectivity index (χ0v) is 7.19. The third-order valence-electron chi connectivity index (χ3n) is 1.57. The average molecular weight is 202 g/mol. The lowest BCUT2D eigenvalue weighted by Crippen LogP contribution is -2.05. The predicted molar refractivity (Wildman–Crippen MR) is 44.4 cm³/mol. The van der Waals surface area contributed by atoms with Gasteiger partial charge < -0.3 is 9.57 Å². The fourth-order valence-corrected chi connectivity index (χ4v) is 0.957. The second-order valence-corrected chi connectivity index (χ2v) is 2.31. The van der Waals surface area contributed by atoms with Crippen molar-refractivity contribution >= 4 is 5.69 Å². The van der Waals surface area contributed by atoms with Crippen LogP contribution in [0.2, 0.25) is 0 Å². The summed E-state index contributed by atoms with van der Waals surface area (Å²) in [5.41, 5.74) is -0.481. The Bertz CT molecular complexity index is 369. The fourth-order valence-electron chi connectivity index (χ4n) is 0.957. The highest BCUT2D eigenvalue weighted by Crippen LogP contribution is 2.34. The summed E-state index contributed by atoms with van der Waals surface area (Å²) >= 11 is 0. The van der Waals surface area contributed by atoms with E-state index in [2.05, 4.69) is 9.57 Å². The molecule has 7 heteroatoms. The van der Waals surface area contributed by atoms with Crippen LogP contribution >= 0.6 is 0 Å². The van der Waals surface area contributed by atoms with Crippen molar-refractivity contribution < 1.29 is 18.9 Å². The second kappa shape index (κ2) is 3.88. The van der Waals surface area contributed by atoms with Crippen molar-refractivity contribution in [1.82, 2.24) is 0 Å². The van der Waals surface area contributed by atoms with Crippen LogP contribution in [-0.4, -0.2) is 12.0 Å². The van der Waals surface area contributed by atoms with Crippen molar-refractivity contribution in [3.05, 3.63) is 28.1 Å². The van der Waals surface area contributed by atoms with Crippen LogP contribution in [0, 0.1) is 15.9 Å². The Morgan fingerprint density at radius 1 is 1.57 bits per heavy atom. The predicted octanol–water partition coefficient (Wildman–Crippen LogP) is 0.995. The van der Waals surface area contributed by atoms with Gasteiger partial charge in [0, 0.05) is 6.07 Å². The van der Waals surface area contributed by atoms with E-state index >= 15 is 0 Å². The van der Waals surface area contributed by atoms with Crippen LogP contribution in [0.1, 0.15) is 0 Å². The van der Waals surface area contributed by atoms with Gasteiger partial charge in [0.2, 0.25) is 11.6 Å². The summed E-state index contributed by atoms with van der Waals surface area (Å²) in [6.07, 6.45) is 0. The molecule has 0 aliphatic rings. The molecule has 0 spiro atoms. The Balaban J connectivity index is 3.35. The molecule has 0 aromatic heterocycles. The van der Waals surface area contributed by atoms with E-state index in [0.717, 1.165) is 19.2 Å². The standard InChI is InChI=1S/C7H7FN2O4/c1-13-7-4(10(11)12)2-3-5(14-9)6(7)8/h2-3H,9H2,1H3. The Hall–Kier alpha value is -1.89. The van der Waals surface area contributed by atoms with E-state index in [1.54, 1.807) is 0 Å². The largest absolute Gasteiger partial charge is 0.488 e. The monoisotopic (exact) mass is 202 g/mol. The van der Waals surface area contributed by atoms with Gasteiger partial charge in [0.05, 0.1) is 12.0 Å². The number of benzene rings is 1. The molecule has 14 heavy (non-hydrogen) atoms. The summed E-state index contributed by atoms with van der Waals surface area (Å²) in [6, 6.07) is 2.10. The molecule has 2 N–H and O–H groups in total. The third kappa shape index (κ3) is 1.57. The Morgan fingerprint density at radius 3 is 2.64 bits per heavy atom. The molecule has 76 valence electrons. The number of nitro benzene ring substituents is 1. The van der Waals surface area contributed by atoms with Crippen LogP contribution in [0.5, 0.6) is 11.5 Å². The Kier molecular flexibility index (Phi) is 2.82. The molecule has 0 aliphatic heterocycles. The maximum absolute atomic E-state index is 13.3. The van der Waals surface area contributed by atoms with Crippen molar-refractivity contribution in [3.63, 3.8) is 0 Å². The first-order chi connectivity index (χ1) is 6.61. The van der Waals surface area contributed by atoms with Crippen molar-refractivity contribution in [3.8, 4) is 11.5 Å². The zero-order valence-electron chi connectivity index (χ0n) is 7.19. The SMILES string of the molecule is COc1c([N+](=O)[O-])ccc(ON)c1F. The van der Waals surface area contributed by atoms with Crippen LogP contribution in [0.15, 0.2) is 12.1 Å².